The third-order valence-corrected chi connectivity index (χ3v) is 3.29. The van der Waals surface area contributed by atoms with E-state index in [9.17, 15) is 4.79 Å². The minimum Gasteiger partial charge on any atom is -0.378 e. The third kappa shape index (κ3) is 2.58. The van der Waals surface area contributed by atoms with Gasteiger partial charge in [0.1, 0.15) is 0 Å². The molecule has 2 nitrogen and oxygen atoms in total. The molecule has 2 aromatic carbocycles. The average Bonchev–Trinajstić information content (AvgIpc) is 2.46. The minimum absolute atomic E-state index is 0.0719. The van der Waals surface area contributed by atoms with Crippen molar-refractivity contribution in [2.24, 2.45) is 0 Å². The Hall–Kier alpha value is -2.35. The van der Waals surface area contributed by atoms with E-state index in [0.717, 1.165) is 16.8 Å². The van der Waals surface area contributed by atoms with Crippen LogP contribution in [0, 0.1) is 0 Å². The van der Waals surface area contributed by atoms with E-state index in [-0.39, 0.29) is 11.8 Å². The molecule has 1 N–H and O–H groups in total. The number of benzene rings is 2. The first-order valence-corrected chi connectivity index (χ1v) is 6.45. The summed E-state index contributed by atoms with van der Waals surface area (Å²) in [5.41, 5.74) is 2.88. The molecular weight excluding hydrogens is 234 g/mol. The molecule has 2 aromatic rings. The maximum atomic E-state index is 12.0. The highest BCUT2D eigenvalue weighted by atomic mass is 16.1. The van der Waals surface area contributed by atoms with Gasteiger partial charge in [0.25, 0.3) is 0 Å². The van der Waals surface area contributed by atoms with Crippen molar-refractivity contribution >= 4 is 17.5 Å². The second-order valence-corrected chi connectivity index (χ2v) is 4.69. The first-order valence-electron chi connectivity index (χ1n) is 6.45. The molecule has 0 amide bonds. The third-order valence-electron chi connectivity index (χ3n) is 3.29. The first-order chi connectivity index (χ1) is 9.33. The van der Waals surface area contributed by atoms with E-state index < -0.39 is 0 Å². The molecule has 94 valence electrons. The molecule has 3 rings (SSSR count). The van der Waals surface area contributed by atoms with Crippen LogP contribution in [-0.4, -0.2) is 11.8 Å². The van der Waals surface area contributed by atoms with Crippen LogP contribution in [0.2, 0.25) is 0 Å². The topological polar surface area (TPSA) is 29.1 Å². The van der Waals surface area contributed by atoms with Crippen LogP contribution in [0.15, 0.2) is 60.7 Å². The molecule has 0 fully saturated rings. The smallest absolute Gasteiger partial charge is 0.167 e. The molecule has 2 heteroatoms. The van der Waals surface area contributed by atoms with E-state index in [0.29, 0.717) is 6.42 Å². The van der Waals surface area contributed by atoms with Gasteiger partial charge in [-0.3, -0.25) is 4.79 Å². The van der Waals surface area contributed by atoms with Gasteiger partial charge in [0.2, 0.25) is 0 Å². The lowest BCUT2D eigenvalue weighted by Crippen LogP contribution is -2.27. The molecule has 1 aliphatic heterocycles. The van der Waals surface area contributed by atoms with Gasteiger partial charge in [-0.05, 0) is 17.7 Å². The van der Waals surface area contributed by atoms with Crippen LogP contribution in [0.3, 0.4) is 0 Å². The maximum absolute atomic E-state index is 12.0. The highest BCUT2D eigenvalue weighted by molar-refractivity contribution is 6.03. The zero-order valence-corrected chi connectivity index (χ0v) is 10.5. The van der Waals surface area contributed by atoms with Gasteiger partial charge in [-0.1, -0.05) is 54.6 Å². The number of Topliss-reactive ketones (excluding diaryl/α,β-unsaturated/α-hetero) is 1. The van der Waals surface area contributed by atoms with Crippen LogP contribution in [0.1, 0.15) is 22.3 Å². The lowest BCUT2D eigenvalue weighted by molar-refractivity contribution is 0.0977. The van der Waals surface area contributed by atoms with Crippen LogP contribution in [0.4, 0.5) is 5.69 Å². The minimum atomic E-state index is 0.0719. The molecule has 0 aliphatic carbocycles. The second kappa shape index (κ2) is 5.11. The predicted molar refractivity (Wildman–Crippen MR) is 78.3 cm³/mol. The van der Waals surface area contributed by atoms with Crippen LogP contribution >= 0.6 is 0 Å². The Morgan fingerprint density at radius 2 is 1.74 bits per heavy atom. The lowest BCUT2D eigenvalue weighted by atomic mass is 9.96. The molecule has 0 unspecified atom stereocenters. The molecule has 0 radical (unpaired) electrons. The van der Waals surface area contributed by atoms with Crippen LogP contribution < -0.4 is 5.32 Å². The summed E-state index contributed by atoms with van der Waals surface area (Å²) in [6.45, 7) is 0. The Balaban J connectivity index is 1.79. The maximum Gasteiger partial charge on any atom is 0.167 e. The van der Waals surface area contributed by atoms with E-state index in [2.05, 4.69) is 29.6 Å². The molecule has 0 bridgehead atoms. The zero-order chi connectivity index (χ0) is 13.1. The van der Waals surface area contributed by atoms with Crippen molar-refractivity contribution in [3.05, 3.63) is 71.8 Å². The number of rotatable bonds is 2. The van der Waals surface area contributed by atoms with Crippen molar-refractivity contribution in [2.75, 3.05) is 5.32 Å². The van der Waals surface area contributed by atoms with Gasteiger partial charge < -0.3 is 5.32 Å². The van der Waals surface area contributed by atoms with E-state index in [4.69, 9.17) is 0 Å². The molecule has 0 saturated carbocycles. The molecule has 1 aliphatic rings. The molecule has 0 aromatic heterocycles. The van der Waals surface area contributed by atoms with E-state index in [1.54, 1.807) is 0 Å². The van der Waals surface area contributed by atoms with Gasteiger partial charge in [0, 0.05) is 17.7 Å². The molecule has 0 saturated heterocycles. The lowest BCUT2D eigenvalue weighted by Gasteiger charge is -2.23. The van der Waals surface area contributed by atoms with Crippen molar-refractivity contribution in [1.82, 2.24) is 0 Å². The number of nitrogens with one attached hydrogen (secondary N) is 1. The number of para-hydroxylation sites is 1. The highest BCUT2D eigenvalue weighted by Crippen LogP contribution is 2.25. The Morgan fingerprint density at radius 1 is 1.00 bits per heavy atom. The van der Waals surface area contributed by atoms with Gasteiger partial charge in [0.05, 0.1) is 6.04 Å². The standard InChI is InChI=1S/C17H15NO/c19-17-12-14(11-10-13-6-2-1-3-7-13)18-16-9-5-4-8-15(16)17/h1-11,14,18H,12H2/b11-10+/t14-/m1/s1. The van der Waals surface area contributed by atoms with Crippen molar-refractivity contribution in [3.63, 3.8) is 0 Å². The molecule has 1 heterocycles. The number of ketones is 1. The second-order valence-electron chi connectivity index (χ2n) is 4.69. The van der Waals surface area contributed by atoms with Crippen LogP contribution in [-0.2, 0) is 0 Å². The van der Waals surface area contributed by atoms with E-state index in [1.807, 2.05) is 42.5 Å². The fourth-order valence-corrected chi connectivity index (χ4v) is 2.32. The molecular formula is C17H15NO. The highest BCUT2D eigenvalue weighted by Gasteiger charge is 2.21. The number of carbonyl (C=O) groups is 1. The Labute approximate surface area is 112 Å². The summed E-state index contributed by atoms with van der Waals surface area (Å²) in [6.07, 6.45) is 4.63. The molecule has 0 spiro atoms. The van der Waals surface area contributed by atoms with Crippen LogP contribution in [0.5, 0.6) is 0 Å². The van der Waals surface area contributed by atoms with E-state index in [1.165, 1.54) is 0 Å². The van der Waals surface area contributed by atoms with Crippen molar-refractivity contribution in [3.8, 4) is 0 Å². The molecule has 1 atom stereocenters. The number of anilines is 1. The van der Waals surface area contributed by atoms with Crippen LogP contribution in [0.25, 0.3) is 6.08 Å². The molecule has 19 heavy (non-hydrogen) atoms. The van der Waals surface area contributed by atoms with Gasteiger partial charge in [-0.25, -0.2) is 0 Å². The fourth-order valence-electron chi connectivity index (χ4n) is 2.32. The monoisotopic (exact) mass is 249 g/mol. The number of carbonyl (C=O) groups excluding carboxylic acids is 1. The Morgan fingerprint density at radius 3 is 2.58 bits per heavy atom. The summed E-state index contributed by atoms with van der Waals surface area (Å²) in [5, 5.41) is 3.39. The number of hydrogen-bond acceptors (Lipinski definition) is 2. The number of fused-ring (bicyclic) bond motifs is 1. The Kier molecular flexibility index (Phi) is 3.15. The predicted octanol–water partition coefficient (Wildman–Crippen LogP) is 3.77. The average molecular weight is 249 g/mol. The van der Waals surface area contributed by atoms with Gasteiger partial charge in [0.15, 0.2) is 5.78 Å². The summed E-state index contributed by atoms with van der Waals surface area (Å²) in [6, 6.07) is 17.9. The van der Waals surface area contributed by atoms with Crippen molar-refractivity contribution in [2.45, 2.75) is 12.5 Å². The van der Waals surface area contributed by atoms with Gasteiger partial charge >= 0.3 is 0 Å². The first kappa shape index (κ1) is 11.7. The van der Waals surface area contributed by atoms with Crippen molar-refractivity contribution in [1.29, 1.82) is 0 Å². The summed E-state index contributed by atoms with van der Waals surface area (Å²) in [7, 11) is 0. The number of hydrogen-bond donors (Lipinski definition) is 1. The summed E-state index contributed by atoms with van der Waals surface area (Å²) in [4.78, 5) is 12.0. The SMILES string of the molecule is O=C1C[C@@H](/C=C/c2ccccc2)Nc2ccccc21. The Bertz CT molecular complexity index is 616. The zero-order valence-electron chi connectivity index (χ0n) is 10.5. The van der Waals surface area contributed by atoms with Gasteiger partial charge in [-0.2, -0.15) is 0 Å². The summed E-state index contributed by atoms with van der Waals surface area (Å²) in [5.74, 6) is 0.206. The fraction of sp³-hybridized carbons (Fsp3) is 0.118. The van der Waals surface area contributed by atoms with Gasteiger partial charge in [-0.15, -0.1) is 0 Å². The normalized spacial score (nSPS) is 18.1. The van der Waals surface area contributed by atoms with E-state index >= 15 is 0 Å². The summed E-state index contributed by atoms with van der Waals surface area (Å²) < 4.78 is 0. The summed E-state index contributed by atoms with van der Waals surface area (Å²) >= 11 is 0. The van der Waals surface area contributed by atoms with Crippen molar-refractivity contribution < 1.29 is 4.79 Å². The quantitative estimate of drug-likeness (QED) is 0.877. The largest absolute Gasteiger partial charge is 0.378 e.